The minimum atomic E-state index is -3.88. The molecule has 176 valence electrons. The normalized spacial score (nSPS) is 15.5. The first-order chi connectivity index (χ1) is 15.7. The van der Waals surface area contributed by atoms with Gasteiger partial charge in [0, 0.05) is 29.1 Å². The van der Waals surface area contributed by atoms with Crippen LogP contribution in [0.4, 0.5) is 11.4 Å². The number of nitrogens with zero attached hydrogens (tertiary/aromatic N) is 1. The summed E-state index contributed by atoms with van der Waals surface area (Å²) in [5, 5.41) is 10.7. The fourth-order valence-electron chi connectivity index (χ4n) is 4.11. The number of hydrogen-bond donors (Lipinski definition) is 3. The number of aliphatic carboxylic acids is 1. The molecule has 0 saturated heterocycles. The molecule has 33 heavy (non-hydrogen) atoms. The largest absolute Gasteiger partial charge is 0.480 e. The number of sulfonamides is 1. The molecule has 0 saturated carbocycles. The van der Waals surface area contributed by atoms with Gasteiger partial charge in [0.15, 0.2) is 0 Å². The summed E-state index contributed by atoms with van der Waals surface area (Å²) < 4.78 is 56.1. The van der Waals surface area contributed by atoms with Crippen molar-refractivity contribution in [3.8, 4) is 0 Å². The summed E-state index contributed by atoms with van der Waals surface area (Å²) in [4.78, 5) is 12.0. The van der Waals surface area contributed by atoms with Crippen molar-refractivity contribution in [2.24, 2.45) is 0 Å². The fraction of sp³-hybridized carbons (Fsp3) is 0.318. The molecule has 1 heterocycles. The lowest BCUT2D eigenvalue weighted by molar-refractivity contribution is -0.138. The Labute approximate surface area is 193 Å². The second-order valence-electron chi connectivity index (χ2n) is 7.88. The third-order valence-electron chi connectivity index (χ3n) is 5.64. The van der Waals surface area contributed by atoms with E-state index in [9.17, 15) is 27.1 Å². The van der Waals surface area contributed by atoms with Crippen LogP contribution in [0, 0.1) is 0 Å². The summed E-state index contributed by atoms with van der Waals surface area (Å²) in [5.74, 6) is -1.08. The van der Waals surface area contributed by atoms with Gasteiger partial charge in [0.05, 0.1) is 11.4 Å². The summed E-state index contributed by atoms with van der Waals surface area (Å²) in [6.45, 7) is 0. The standard InChI is InChI=1S/C22H24N2O7S2/c25-22(26)19(12-13-33(29,30)23-15-6-2-1-3-7-15)24(32(27)28)16-10-11-18-17-8-4-5-9-20(17)31-21(18)14-16/h1-3,6-7,10-11,14,19,23H,4-5,8-9,12-13H2,(H,25,26)(H,27,28). The number of hydrogen-bond acceptors (Lipinski definition) is 5. The lowest BCUT2D eigenvalue weighted by Crippen LogP contribution is -2.43. The van der Waals surface area contributed by atoms with Crippen molar-refractivity contribution in [2.45, 2.75) is 38.1 Å². The number of nitrogens with one attached hydrogen (secondary N) is 1. The molecule has 1 aliphatic rings. The molecular formula is C22H24N2O7S2. The maximum absolute atomic E-state index is 12.5. The number of carbonyl (C=O) groups is 1. The van der Waals surface area contributed by atoms with Crippen molar-refractivity contribution < 1.29 is 31.5 Å². The fourth-order valence-corrected chi connectivity index (χ4v) is 5.95. The Morgan fingerprint density at radius 2 is 1.88 bits per heavy atom. The predicted octanol–water partition coefficient (Wildman–Crippen LogP) is 3.54. The van der Waals surface area contributed by atoms with Gasteiger partial charge in [-0.1, -0.05) is 18.2 Å². The van der Waals surface area contributed by atoms with E-state index >= 15 is 0 Å². The van der Waals surface area contributed by atoms with Crippen LogP contribution < -0.4 is 9.03 Å². The van der Waals surface area contributed by atoms with Crippen molar-refractivity contribution in [3.05, 3.63) is 59.9 Å². The molecule has 2 unspecified atom stereocenters. The van der Waals surface area contributed by atoms with Crippen LogP contribution in [0.1, 0.15) is 30.6 Å². The second kappa shape index (κ2) is 9.54. The van der Waals surface area contributed by atoms with Gasteiger partial charge in [-0.2, -0.15) is 0 Å². The molecular weight excluding hydrogens is 468 g/mol. The Bertz CT molecular complexity index is 1290. The van der Waals surface area contributed by atoms with Crippen LogP contribution in [0.25, 0.3) is 11.0 Å². The van der Waals surface area contributed by atoms with Crippen molar-refractivity contribution >= 4 is 49.6 Å². The highest BCUT2D eigenvalue weighted by Gasteiger charge is 2.32. The Kier molecular flexibility index (Phi) is 6.73. The zero-order valence-corrected chi connectivity index (χ0v) is 19.3. The molecule has 1 aliphatic carbocycles. The molecule has 2 aromatic carbocycles. The summed E-state index contributed by atoms with van der Waals surface area (Å²) in [6, 6.07) is 11.5. The number of furan rings is 1. The first kappa shape index (κ1) is 23.3. The van der Waals surface area contributed by atoms with Crippen LogP contribution in [0.2, 0.25) is 0 Å². The average Bonchev–Trinajstić information content (AvgIpc) is 3.14. The number of carboxylic acid groups (broad SMARTS) is 1. The molecule has 11 heteroatoms. The number of rotatable bonds is 9. The molecule has 4 rings (SSSR count). The molecule has 0 fully saturated rings. The number of anilines is 2. The summed E-state index contributed by atoms with van der Waals surface area (Å²) in [6.07, 6.45) is 3.39. The van der Waals surface area contributed by atoms with Gasteiger partial charge >= 0.3 is 5.97 Å². The highest BCUT2D eigenvalue weighted by Crippen LogP contribution is 2.35. The number of fused-ring (bicyclic) bond motifs is 3. The highest BCUT2D eigenvalue weighted by molar-refractivity contribution is 7.92. The molecule has 1 aromatic heterocycles. The van der Waals surface area contributed by atoms with E-state index in [4.69, 9.17) is 4.42 Å². The second-order valence-corrected chi connectivity index (χ2v) is 10.6. The molecule has 0 aliphatic heterocycles. The van der Waals surface area contributed by atoms with Gasteiger partial charge in [0.1, 0.15) is 17.4 Å². The number of aryl methyl sites for hydroxylation is 2. The van der Waals surface area contributed by atoms with E-state index in [1.807, 2.05) is 0 Å². The molecule has 0 spiro atoms. The number of para-hydroxylation sites is 1. The SMILES string of the molecule is O=C(O)C(CCS(=O)(=O)Nc1ccccc1)N(c1ccc2c3c(oc2c1)CCCC3)S(=O)O. The van der Waals surface area contributed by atoms with Crippen LogP contribution in [0.3, 0.4) is 0 Å². The van der Waals surface area contributed by atoms with Gasteiger partial charge in [0.25, 0.3) is 11.3 Å². The van der Waals surface area contributed by atoms with E-state index in [2.05, 4.69) is 4.72 Å². The first-order valence-electron chi connectivity index (χ1n) is 10.5. The van der Waals surface area contributed by atoms with E-state index in [1.54, 1.807) is 42.5 Å². The topological polar surface area (TPSA) is 137 Å². The maximum atomic E-state index is 12.5. The van der Waals surface area contributed by atoms with E-state index in [-0.39, 0.29) is 5.69 Å². The predicted molar refractivity (Wildman–Crippen MR) is 126 cm³/mol. The van der Waals surface area contributed by atoms with Gasteiger partial charge in [0.2, 0.25) is 10.0 Å². The van der Waals surface area contributed by atoms with Crippen LogP contribution in [-0.2, 0) is 38.9 Å². The first-order valence-corrected chi connectivity index (χ1v) is 13.2. The van der Waals surface area contributed by atoms with Crippen molar-refractivity contribution in [3.63, 3.8) is 0 Å². The quantitative estimate of drug-likeness (QED) is 0.389. The molecule has 0 bridgehead atoms. The van der Waals surface area contributed by atoms with E-state index in [0.29, 0.717) is 11.3 Å². The zero-order chi connectivity index (χ0) is 23.6. The Hall–Kier alpha value is -2.89. The van der Waals surface area contributed by atoms with Crippen molar-refractivity contribution in [1.29, 1.82) is 0 Å². The van der Waals surface area contributed by atoms with E-state index < -0.39 is 45.5 Å². The Morgan fingerprint density at radius 1 is 1.15 bits per heavy atom. The Balaban J connectivity index is 1.59. The van der Waals surface area contributed by atoms with E-state index in [0.717, 1.165) is 46.7 Å². The van der Waals surface area contributed by atoms with Crippen LogP contribution in [0.15, 0.2) is 52.9 Å². The lowest BCUT2D eigenvalue weighted by atomic mass is 9.96. The van der Waals surface area contributed by atoms with Gasteiger partial charge in [-0.15, -0.1) is 0 Å². The van der Waals surface area contributed by atoms with Crippen molar-refractivity contribution in [1.82, 2.24) is 0 Å². The maximum Gasteiger partial charge on any atom is 0.327 e. The summed E-state index contributed by atoms with van der Waals surface area (Å²) in [5.41, 5.74) is 2.14. The minimum Gasteiger partial charge on any atom is -0.480 e. The van der Waals surface area contributed by atoms with Gasteiger partial charge in [-0.3, -0.25) is 13.6 Å². The van der Waals surface area contributed by atoms with Crippen molar-refractivity contribution in [2.75, 3.05) is 14.8 Å². The zero-order valence-electron chi connectivity index (χ0n) is 17.6. The lowest BCUT2D eigenvalue weighted by Gasteiger charge is -2.26. The Morgan fingerprint density at radius 3 is 2.58 bits per heavy atom. The molecule has 0 radical (unpaired) electrons. The van der Waals surface area contributed by atoms with Crippen LogP contribution in [-0.4, -0.2) is 40.0 Å². The summed E-state index contributed by atoms with van der Waals surface area (Å²) >= 11 is -2.71. The molecule has 2 atom stereocenters. The van der Waals surface area contributed by atoms with Gasteiger partial charge in [-0.25, -0.2) is 17.4 Å². The van der Waals surface area contributed by atoms with Crippen LogP contribution in [0.5, 0.6) is 0 Å². The molecule has 3 aromatic rings. The molecule has 9 nitrogen and oxygen atoms in total. The monoisotopic (exact) mass is 492 g/mol. The summed E-state index contributed by atoms with van der Waals surface area (Å²) in [7, 11) is -3.88. The highest BCUT2D eigenvalue weighted by atomic mass is 32.2. The average molecular weight is 493 g/mol. The number of benzene rings is 2. The third kappa shape index (κ3) is 5.21. The van der Waals surface area contributed by atoms with E-state index in [1.165, 1.54) is 6.07 Å². The number of carboxylic acids is 1. The van der Waals surface area contributed by atoms with Crippen LogP contribution >= 0.6 is 0 Å². The third-order valence-corrected chi connectivity index (χ3v) is 7.76. The smallest absolute Gasteiger partial charge is 0.327 e. The van der Waals surface area contributed by atoms with Gasteiger partial charge in [-0.05, 0) is 49.9 Å². The minimum absolute atomic E-state index is 0.162. The molecule has 3 N–H and O–H groups in total. The molecule has 0 amide bonds. The van der Waals surface area contributed by atoms with Gasteiger partial charge < -0.3 is 9.52 Å².